The van der Waals surface area contributed by atoms with Crippen LogP contribution < -0.4 is 20.3 Å². The zero-order valence-corrected chi connectivity index (χ0v) is 23.7. The maximum atomic E-state index is 13.7. The van der Waals surface area contributed by atoms with E-state index in [0.29, 0.717) is 55.1 Å². The topological polar surface area (TPSA) is 104 Å². The van der Waals surface area contributed by atoms with Crippen LogP contribution in [-0.2, 0) is 9.59 Å². The predicted molar refractivity (Wildman–Crippen MR) is 153 cm³/mol. The Morgan fingerprint density at radius 1 is 0.923 bits per heavy atom. The molecule has 0 radical (unpaired) electrons. The maximum absolute atomic E-state index is 13.7. The van der Waals surface area contributed by atoms with E-state index in [9.17, 15) is 14.4 Å². The van der Waals surface area contributed by atoms with Gasteiger partial charge in [-0.25, -0.2) is 0 Å². The summed E-state index contributed by atoms with van der Waals surface area (Å²) in [6, 6.07) is 9.34. The van der Waals surface area contributed by atoms with Gasteiger partial charge in [-0.1, -0.05) is 52.7 Å². The number of hydrogen-bond acceptors (Lipinski definition) is 6. The van der Waals surface area contributed by atoms with Crippen molar-refractivity contribution < 1.29 is 19.1 Å². The van der Waals surface area contributed by atoms with E-state index < -0.39 is 0 Å². The quantitative estimate of drug-likeness (QED) is 0.524. The molecule has 3 amide bonds. The number of aromatic nitrogens is 1. The number of fused-ring (bicyclic) bond motifs is 3. The highest BCUT2D eigenvalue weighted by atomic mass is 16.5. The molecular weight excluding hydrogens is 494 g/mol. The summed E-state index contributed by atoms with van der Waals surface area (Å²) in [6.45, 7) is 10.3. The van der Waals surface area contributed by atoms with Crippen molar-refractivity contribution in [2.75, 3.05) is 44.2 Å². The molecule has 0 aliphatic carbocycles. The highest BCUT2D eigenvalue weighted by Gasteiger charge is 2.23. The molecule has 39 heavy (non-hydrogen) atoms. The van der Waals surface area contributed by atoms with Crippen LogP contribution in [0.5, 0.6) is 5.75 Å². The average Bonchev–Trinajstić information content (AvgIpc) is 2.92. The molecule has 2 aromatic rings. The van der Waals surface area contributed by atoms with Crippen LogP contribution >= 0.6 is 0 Å². The molecule has 2 heterocycles. The number of amides is 3. The first kappa shape index (κ1) is 29.9. The van der Waals surface area contributed by atoms with Gasteiger partial charge in [0, 0.05) is 25.8 Å². The Labute approximate surface area is 232 Å². The van der Waals surface area contributed by atoms with E-state index in [1.165, 1.54) is 6.20 Å². The molecule has 2 bridgehead atoms. The van der Waals surface area contributed by atoms with Crippen molar-refractivity contribution in [3.8, 4) is 5.75 Å². The standard InChI is InChI=1S/C30H43N5O4/c1-22(2)16-32-28(36)20-34-13-9-5-6-10-14-39-27-12-8-7-11-26(27)35(21-29(37)33-17-23(3)4)25-15-24(30(34)38)18-31-19-25/h7-8,11-12,15,18-19,22-23H,5-6,9-10,13-14,16-17,20-21H2,1-4H3,(H,32,36)(H,33,37). The van der Waals surface area contributed by atoms with Gasteiger partial charge in [-0.3, -0.25) is 19.4 Å². The van der Waals surface area contributed by atoms with Crippen molar-refractivity contribution in [1.29, 1.82) is 0 Å². The third-order valence-corrected chi connectivity index (χ3v) is 6.36. The Morgan fingerprint density at radius 2 is 1.59 bits per heavy atom. The van der Waals surface area contributed by atoms with Gasteiger partial charge in [-0.05, 0) is 42.9 Å². The molecule has 2 N–H and O–H groups in total. The van der Waals surface area contributed by atoms with Gasteiger partial charge in [0.2, 0.25) is 11.8 Å². The monoisotopic (exact) mass is 537 g/mol. The number of carbonyl (C=O) groups excluding carboxylic acids is 3. The van der Waals surface area contributed by atoms with E-state index in [2.05, 4.69) is 15.6 Å². The molecule has 1 aliphatic heterocycles. The summed E-state index contributed by atoms with van der Waals surface area (Å²) in [7, 11) is 0. The lowest BCUT2D eigenvalue weighted by molar-refractivity contribution is -0.122. The number of hydrogen-bond donors (Lipinski definition) is 2. The maximum Gasteiger partial charge on any atom is 0.255 e. The summed E-state index contributed by atoms with van der Waals surface area (Å²) < 4.78 is 6.16. The zero-order valence-electron chi connectivity index (χ0n) is 23.7. The fraction of sp³-hybridized carbons (Fsp3) is 0.533. The van der Waals surface area contributed by atoms with E-state index in [1.807, 2.05) is 56.9 Å². The molecule has 0 atom stereocenters. The molecule has 1 aromatic heterocycles. The summed E-state index contributed by atoms with van der Waals surface area (Å²) >= 11 is 0. The number of benzene rings is 1. The number of rotatable bonds is 8. The van der Waals surface area contributed by atoms with E-state index in [-0.39, 0.29) is 30.8 Å². The zero-order chi connectivity index (χ0) is 28.2. The Balaban J connectivity index is 1.96. The van der Waals surface area contributed by atoms with Crippen LogP contribution in [-0.4, -0.2) is 66.9 Å². The molecule has 9 heteroatoms. The van der Waals surface area contributed by atoms with E-state index in [4.69, 9.17) is 4.74 Å². The van der Waals surface area contributed by atoms with Crippen LogP contribution in [0.3, 0.4) is 0 Å². The summed E-state index contributed by atoms with van der Waals surface area (Å²) in [5.41, 5.74) is 1.68. The molecule has 3 rings (SSSR count). The molecule has 212 valence electrons. The Kier molecular flexibility index (Phi) is 11.6. The van der Waals surface area contributed by atoms with Crippen molar-refractivity contribution in [2.24, 2.45) is 11.8 Å². The van der Waals surface area contributed by atoms with Crippen LogP contribution in [0.4, 0.5) is 11.4 Å². The lowest BCUT2D eigenvalue weighted by atomic mass is 10.1. The minimum Gasteiger partial charge on any atom is -0.491 e. The molecule has 0 spiro atoms. The molecule has 0 fully saturated rings. The number of pyridine rings is 1. The third kappa shape index (κ3) is 9.57. The molecular formula is C30H43N5O4. The molecule has 0 saturated heterocycles. The second-order valence-corrected chi connectivity index (χ2v) is 10.9. The first-order valence-electron chi connectivity index (χ1n) is 14.0. The SMILES string of the molecule is CC(C)CNC(=O)CN1CCCCCCOc2ccccc2N(CC(=O)NCC(C)C)c2cncc(c2)C1=O. The van der Waals surface area contributed by atoms with Crippen molar-refractivity contribution in [1.82, 2.24) is 20.5 Å². The highest BCUT2D eigenvalue weighted by molar-refractivity contribution is 5.97. The van der Waals surface area contributed by atoms with Gasteiger partial charge >= 0.3 is 0 Å². The Hall–Kier alpha value is -3.62. The molecule has 0 unspecified atom stereocenters. The van der Waals surface area contributed by atoms with E-state index >= 15 is 0 Å². The van der Waals surface area contributed by atoms with Gasteiger partial charge in [-0.15, -0.1) is 0 Å². The van der Waals surface area contributed by atoms with Crippen LogP contribution in [0.15, 0.2) is 42.7 Å². The van der Waals surface area contributed by atoms with Gasteiger partial charge < -0.3 is 25.2 Å². The normalized spacial score (nSPS) is 14.8. The number of carbonyl (C=O) groups is 3. The average molecular weight is 538 g/mol. The molecule has 1 aromatic carbocycles. The van der Waals surface area contributed by atoms with Gasteiger partial charge in [0.05, 0.1) is 36.3 Å². The van der Waals surface area contributed by atoms with Gasteiger partial charge in [0.25, 0.3) is 5.91 Å². The van der Waals surface area contributed by atoms with Crippen LogP contribution in [0, 0.1) is 11.8 Å². The lowest BCUT2D eigenvalue weighted by Crippen LogP contribution is -2.42. The number of nitrogens with one attached hydrogen (secondary N) is 2. The number of anilines is 2. The largest absolute Gasteiger partial charge is 0.491 e. The Morgan fingerprint density at radius 3 is 2.31 bits per heavy atom. The van der Waals surface area contributed by atoms with Crippen molar-refractivity contribution >= 4 is 29.1 Å². The number of ether oxygens (including phenoxy) is 1. The minimum absolute atomic E-state index is 0.0109. The van der Waals surface area contributed by atoms with E-state index in [0.717, 1.165) is 31.4 Å². The second kappa shape index (κ2) is 15.1. The van der Waals surface area contributed by atoms with Crippen molar-refractivity contribution in [3.05, 3.63) is 48.3 Å². The molecule has 1 aliphatic rings. The molecule has 9 nitrogen and oxygen atoms in total. The molecule has 0 saturated carbocycles. The first-order valence-corrected chi connectivity index (χ1v) is 14.0. The summed E-state index contributed by atoms with van der Waals surface area (Å²) in [6.07, 6.45) is 6.67. The predicted octanol–water partition coefficient (Wildman–Crippen LogP) is 4.16. The van der Waals surface area contributed by atoms with E-state index in [1.54, 1.807) is 17.2 Å². The summed E-state index contributed by atoms with van der Waals surface area (Å²) in [5, 5.41) is 5.89. The van der Waals surface area contributed by atoms with Gasteiger partial charge in [0.1, 0.15) is 12.3 Å². The van der Waals surface area contributed by atoms with Crippen LogP contribution in [0.1, 0.15) is 63.7 Å². The number of para-hydroxylation sites is 2. The van der Waals surface area contributed by atoms with Gasteiger partial charge in [0.15, 0.2) is 0 Å². The summed E-state index contributed by atoms with van der Waals surface area (Å²) in [5.74, 6) is 0.736. The van der Waals surface area contributed by atoms with Crippen LogP contribution in [0.2, 0.25) is 0 Å². The first-order chi connectivity index (χ1) is 18.7. The van der Waals surface area contributed by atoms with Crippen molar-refractivity contribution in [3.63, 3.8) is 0 Å². The fourth-order valence-electron chi connectivity index (χ4n) is 4.25. The van der Waals surface area contributed by atoms with Gasteiger partial charge in [-0.2, -0.15) is 0 Å². The second-order valence-electron chi connectivity index (χ2n) is 10.9. The Bertz CT molecular complexity index is 1100. The number of nitrogens with zero attached hydrogens (tertiary/aromatic N) is 3. The summed E-state index contributed by atoms with van der Waals surface area (Å²) in [4.78, 5) is 47.0. The fourth-order valence-corrected chi connectivity index (χ4v) is 4.25. The highest BCUT2D eigenvalue weighted by Crippen LogP contribution is 2.34. The minimum atomic E-state index is -0.257. The lowest BCUT2D eigenvalue weighted by Gasteiger charge is -2.27. The third-order valence-electron chi connectivity index (χ3n) is 6.36. The van der Waals surface area contributed by atoms with Crippen molar-refractivity contribution in [2.45, 2.75) is 53.4 Å². The van der Waals surface area contributed by atoms with Crippen LogP contribution in [0.25, 0.3) is 0 Å². The smallest absolute Gasteiger partial charge is 0.255 e.